The lowest BCUT2D eigenvalue weighted by atomic mass is 10.1. The van der Waals surface area contributed by atoms with Gasteiger partial charge in [0, 0.05) is 0 Å². The zero-order chi connectivity index (χ0) is 17.1. The van der Waals surface area contributed by atoms with Crippen LogP contribution in [0.4, 0.5) is 0 Å². The van der Waals surface area contributed by atoms with Crippen molar-refractivity contribution in [2.24, 2.45) is 5.73 Å². The summed E-state index contributed by atoms with van der Waals surface area (Å²) in [6.45, 7) is 1.88. The summed E-state index contributed by atoms with van der Waals surface area (Å²) in [5.74, 6) is -0.837. The minimum absolute atomic E-state index is 0.0971. The van der Waals surface area contributed by atoms with Gasteiger partial charge in [-0.1, -0.05) is 17.3 Å². The van der Waals surface area contributed by atoms with Crippen LogP contribution in [0.1, 0.15) is 39.4 Å². The number of primary amides is 1. The summed E-state index contributed by atoms with van der Waals surface area (Å²) in [5, 5.41) is 10.4. The molecule has 2 aromatic heterocycles. The highest BCUT2D eigenvalue weighted by molar-refractivity contribution is 5.94. The first kappa shape index (κ1) is 15.5. The third-order valence-corrected chi connectivity index (χ3v) is 3.53. The van der Waals surface area contributed by atoms with E-state index in [4.69, 9.17) is 10.2 Å². The number of nitrogens with two attached hydrogens (primary N) is 1. The monoisotopic (exact) mass is 325 g/mol. The summed E-state index contributed by atoms with van der Waals surface area (Å²) in [7, 11) is 0. The predicted molar refractivity (Wildman–Crippen MR) is 84.5 cm³/mol. The van der Waals surface area contributed by atoms with E-state index in [0.717, 1.165) is 11.3 Å². The van der Waals surface area contributed by atoms with Gasteiger partial charge in [-0.25, -0.2) is 4.68 Å². The molecule has 3 aromatic rings. The van der Waals surface area contributed by atoms with Crippen LogP contribution in [-0.2, 0) is 0 Å². The Morgan fingerprint density at radius 2 is 2.00 bits per heavy atom. The SMILES string of the molecule is CC(NC(=O)c1ccoc1)c1ccc(-n2cc(C(N)=O)nn2)cc1. The fourth-order valence-electron chi connectivity index (χ4n) is 2.18. The van der Waals surface area contributed by atoms with E-state index in [-0.39, 0.29) is 17.6 Å². The van der Waals surface area contributed by atoms with E-state index in [1.165, 1.54) is 23.4 Å². The molecule has 24 heavy (non-hydrogen) atoms. The van der Waals surface area contributed by atoms with Gasteiger partial charge in [0.2, 0.25) is 0 Å². The summed E-state index contributed by atoms with van der Waals surface area (Å²) in [4.78, 5) is 23.1. The van der Waals surface area contributed by atoms with Crippen LogP contribution in [0, 0.1) is 0 Å². The Hall–Kier alpha value is -3.42. The maximum Gasteiger partial charge on any atom is 0.270 e. The number of benzene rings is 1. The molecular weight excluding hydrogens is 310 g/mol. The van der Waals surface area contributed by atoms with Crippen LogP contribution in [0.15, 0.2) is 53.5 Å². The standard InChI is InChI=1S/C16H15N5O3/c1-10(18-16(23)12-6-7-24-9-12)11-2-4-13(5-3-11)21-8-14(15(17)22)19-20-21/h2-10H,1H3,(H2,17,22)(H,18,23). The van der Waals surface area contributed by atoms with Gasteiger partial charge in [-0.2, -0.15) is 0 Å². The van der Waals surface area contributed by atoms with E-state index in [0.29, 0.717) is 5.56 Å². The predicted octanol–water partition coefficient (Wildman–Crippen LogP) is 1.45. The molecule has 3 N–H and O–H groups in total. The molecule has 1 unspecified atom stereocenters. The van der Waals surface area contributed by atoms with Crippen molar-refractivity contribution in [2.75, 3.05) is 0 Å². The molecular formula is C16H15N5O3. The highest BCUT2D eigenvalue weighted by Gasteiger charge is 2.13. The zero-order valence-corrected chi connectivity index (χ0v) is 12.8. The largest absolute Gasteiger partial charge is 0.472 e. The number of furan rings is 1. The first-order valence-corrected chi connectivity index (χ1v) is 7.20. The molecule has 0 radical (unpaired) electrons. The van der Waals surface area contributed by atoms with E-state index in [1.807, 2.05) is 31.2 Å². The number of carbonyl (C=O) groups excluding carboxylic acids is 2. The number of amides is 2. The van der Waals surface area contributed by atoms with Crippen molar-refractivity contribution in [2.45, 2.75) is 13.0 Å². The molecule has 8 heteroatoms. The molecule has 2 heterocycles. The molecule has 0 aliphatic heterocycles. The summed E-state index contributed by atoms with van der Waals surface area (Å²) in [5.41, 5.74) is 7.37. The van der Waals surface area contributed by atoms with E-state index in [1.54, 1.807) is 6.07 Å². The quantitative estimate of drug-likeness (QED) is 0.736. The average molecular weight is 325 g/mol. The second-order valence-electron chi connectivity index (χ2n) is 5.21. The highest BCUT2D eigenvalue weighted by atomic mass is 16.3. The van der Waals surface area contributed by atoms with Crippen LogP contribution in [0.2, 0.25) is 0 Å². The van der Waals surface area contributed by atoms with Gasteiger partial charge in [0.05, 0.1) is 29.8 Å². The van der Waals surface area contributed by atoms with Crippen molar-refractivity contribution in [1.29, 1.82) is 0 Å². The number of aromatic nitrogens is 3. The molecule has 0 saturated carbocycles. The van der Waals surface area contributed by atoms with Gasteiger partial charge < -0.3 is 15.5 Å². The molecule has 0 saturated heterocycles. The Balaban J connectivity index is 1.71. The summed E-state index contributed by atoms with van der Waals surface area (Å²) in [6.07, 6.45) is 4.31. The molecule has 8 nitrogen and oxygen atoms in total. The number of nitrogens with one attached hydrogen (secondary N) is 1. The van der Waals surface area contributed by atoms with Crippen molar-refractivity contribution in [3.05, 3.63) is 65.9 Å². The highest BCUT2D eigenvalue weighted by Crippen LogP contribution is 2.16. The Morgan fingerprint density at radius 1 is 1.25 bits per heavy atom. The lowest BCUT2D eigenvalue weighted by Gasteiger charge is -2.14. The maximum atomic E-state index is 12.0. The number of hydrogen-bond donors (Lipinski definition) is 2. The number of carbonyl (C=O) groups is 2. The first-order valence-electron chi connectivity index (χ1n) is 7.20. The molecule has 0 aliphatic carbocycles. The van der Waals surface area contributed by atoms with E-state index in [9.17, 15) is 9.59 Å². The van der Waals surface area contributed by atoms with E-state index in [2.05, 4.69) is 15.6 Å². The molecule has 122 valence electrons. The van der Waals surface area contributed by atoms with Crippen LogP contribution in [0.3, 0.4) is 0 Å². The number of rotatable bonds is 5. The molecule has 1 atom stereocenters. The Kier molecular flexibility index (Phi) is 4.11. The van der Waals surface area contributed by atoms with Crippen LogP contribution < -0.4 is 11.1 Å². The number of hydrogen-bond acceptors (Lipinski definition) is 5. The normalized spacial score (nSPS) is 11.9. The Morgan fingerprint density at radius 3 is 2.58 bits per heavy atom. The number of nitrogens with zero attached hydrogens (tertiary/aromatic N) is 3. The first-order chi connectivity index (χ1) is 11.5. The summed E-state index contributed by atoms with van der Waals surface area (Å²) < 4.78 is 6.35. The van der Waals surface area contributed by atoms with Crippen molar-refractivity contribution < 1.29 is 14.0 Å². The van der Waals surface area contributed by atoms with Gasteiger partial charge in [0.25, 0.3) is 11.8 Å². The van der Waals surface area contributed by atoms with Crippen molar-refractivity contribution in [3.8, 4) is 5.69 Å². The molecule has 0 spiro atoms. The Bertz CT molecular complexity index is 852. The fourth-order valence-corrected chi connectivity index (χ4v) is 2.18. The molecule has 0 fully saturated rings. The average Bonchev–Trinajstić information content (AvgIpc) is 3.26. The van der Waals surface area contributed by atoms with Crippen molar-refractivity contribution in [3.63, 3.8) is 0 Å². The maximum absolute atomic E-state index is 12.0. The van der Waals surface area contributed by atoms with Crippen LogP contribution in [-0.4, -0.2) is 26.8 Å². The van der Waals surface area contributed by atoms with E-state index >= 15 is 0 Å². The van der Waals surface area contributed by atoms with Gasteiger partial charge in [-0.3, -0.25) is 9.59 Å². The zero-order valence-electron chi connectivity index (χ0n) is 12.8. The van der Waals surface area contributed by atoms with Gasteiger partial charge in [-0.05, 0) is 30.7 Å². The van der Waals surface area contributed by atoms with Gasteiger partial charge in [0.1, 0.15) is 6.26 Å². The third-order valence-electron chi connectivity index (χ3n) is 3.53. The van der Waals surface area contributed by atoms with E-state index < -0.39 is 5.91 Å². The van der Waals surface area contributed by atoms with Crippen LogP contribution >= 0.6 is 0 Å². The third kappa shape index (κ3) is 3.17. The van der Waals surface area contributed by atoms with Crippen molar-refractivity contribution >= 4 is 11.8 Å². The van der Waals surface area contributed by atoms with Gasteiger partial charge in [0.15, 0.2) is 5.69 Å². The smallest absolute Gasteiger partial charge is 0.270 e. The van der Waals surface area contributed by atoms with Gasteiger partial charge in [-0.15, -0.1) is 5.10 Å². The van der Waals surface area contributed by atoms with Gasteiger partial charge >= 0.3 is 0 Å². The second kappa shape index (κ2) is 6.37. The molecule has 2 amide bonds. The molecule has 0 aliphatic rings. The minimum Gasteiger partial charge on any atom is -0.472 e. The van der Waals surface area contributed by atoms with Crippen LogP contribution in [0.25, 0.3) is 5.69 Å². The molecule has 1 aromatic carbocycles. The molecule has 3 rings (SSSR count). The summed E-state index contributed by atoms with van der Waals surface area (Å²) in [6, 6.07) is 8.78. The van der Waals surface area contributed by atoms with Crippen LogP contribution in [0.5, 0.6) is 0 Å². The lowest BCUT2D eigenvalue weighted by molar-refractivity contribution is 0.0938. The lowest BCUT2D eigenvalue weighted by Crippen LogP contribution is -2.26. The summed E-state index contributed by atoms with van der Waals surface area (Å²) >= 11 is 0. The fraction of sp³-hybridized carbons (Fsp3) is 0.125. The second-order valence-corrected chi connectivity index (χ2v) is 5.21. The topological polar surface area (TPSA) is 116 Å². The van der Waals surface area contributed by atoms with Crippen molar-refractivity contribution in [1.82, 2.24) is 20.3 Å². The molecule has 0 bridgehead atoms. The minimum atomic E-state index is -0.631. The Labute approximate surface area is 137 Å².